The zero-order chi connectivity index (χ0) is 21.4. The lowest BCUT2D eigenvalue weighted by molar-refractivity contribution is -0.857. The SMILES string of the molecule is COc1cccc([C@@H]2c3c(oc4ccccc4c3=O)C(=O)N2CC[NH+](C)C)c1OC. The second-order valence-corrected chi connectivity index (χ2v) is 7.61. The van der Waals surface area contributed by atoms with Gasteiger partial charge in [-0.05, 0) is 18.2 Å². The zero-order valence-electron chi connectivity index (χ0n) is 17.5. The number of benzene rings is 2. The highest BCUT2D eigenvalue weighted by atomic mass is 16.5. The minimum atomic E-state index is -0.613. The molecular formula is C23H25N2O5+. The van der Waals surface area contributed by atoms with Crippen molar-refractivity contribution in [2.75, 3.05) is 41.4 Å². The third-order valence-electron chi connectivity index (χ3n) is 5.45. The Hall–Kier alpha value is -3.32. The van der Waals surface area contributed by atoms with Gasteiger partial charge in [-0.25, -0.2) is 0 Å². The smallest absolute Gasteiger partial charge is 0.291 e. The van der Waals surface area contributed by atoms with Gasteiger partial charge in [0.1, 0.15) is 5.58 Å². The molecule has 1 N–H and O–H groups in total. The normalized spacial score (nSPS) is 15.7. The maximum atomic E-state index is 13.5. The molecule has 1 aliphatic rings. The topological polar surface area (TPSA) is 73.4 Å². The number of carbonyl (C=O) groups is 1. The molecule has 2 aromatic carbocycles. The number of fused-ring (bicyclic) bond motifs is 2. The predicted molar refractivity (Wildman–Crippen MR) is 113 cm³/mol. The van der Waals surface area contributed by atoms with Gasteiger partial charge in [0, 0.05) is 5.56 Å². The molecule has 2 heterocycles. The van der Waals surface area contributed by atoms with E-state index in [-0.39, 0.29) is 17.1 Å². The van der Waals surface area contributed by atoms with Gasteiger partial charge in [-0.2, -0.15) is 0 Å². The van der Waals surface area contributed by atoms with E-state index in [0.29, 0.717) is 40.1 Å². The molecule has 0 saturated carbocycles. The van der Waals surface area contributed by atoms with Gasteiger partial charge in [0.2, 0.25) is 5.76 Å². The van der Waals surface area contributed by atoms with Crippen molar-refractivity contribution in [2.24, 2.45) is 0 Å². The highest BCUT2D eigenvalue weighted by molar-refractivity contribution is 5.99. The van der Waals surface area contributed by atoms with Gasteiger partial charge < -0.3 is 23.7 Å². The number of nitrogens with one attached hydrogen (secondary N) is 1. The van der Waals surface area contributed by atoms with Gasteiger partial charge in [0.15, 0.2) is 16.9 Å². The van der Waals surface area contributed by atoms with E-state index in [0.717, 1.165) is 6.54 Å². The van der Waals surface area contributed by atoms with E-state index < -0.39 is 6.04 Å². The van der Waals surface area contributed by atoms with Gasteiger partial charge in [-0.15, -0.1) is 0 Å². The second kappa shape index (κ2) is 7.84. The number of amides is 1. The van der Waals surface area contributed by atoms with Crippen LogP contribution in [0, 0.1) is 0 Å². The lowest BCUT2D eigenvalue weighted by atomic mass is 9.97. The van der Waals surface area contributed by atoms with E-state index in [4.69, 9.17) is 13.9 Å². The van der Waals surface area contributed by atoms with Crippen LogP contribution in [0.5, 0.6) is 11.5 Å². The zero-order valence-corrected chi connectivity index (χ0v) is 17.5. The highest BCUT2D eigenvalue weighted by Gasteiger charge is 2.44. The van der Waals surface area contributed by atoms with E-state index in [1.807, 2.05) is 26.2 Å². The van der Waals surface area contributed by atoms with Crippen molar-refractivity contribution in [1.82, 2.24) is 4.90 Å². The molecule has 156 valence electrons. The summed E-state index contributed by atoms with van der Waals surface area (Å²) in [6.07, 6.45) is 0. The first-order chi connectivity index (χ1) is 14.5. The van der Waals surface area contributed by atoms with Crippen molar-refractivity contribution < 1.29 is 23.6 Å². The summed E-state index contributed by atoms with van der Waals surface area (Å²) in [6.45, 7) is 1.18. The van der Waals surface area contributed by atoms with E-state index in [1.165, 1.54) is 4.90 Å². The molecule has 0 saturated heterocycles. The molecule has 0 spiro atoms. The number of methoxy groups -OCH3 is 2. The predicted octanol–water partition coefficient (Wildman–Crippen LogP) is 1.50. The number of hydrogen-bond donors (Lipinski definition) is 1. The average Bonchev–Trinajstić information content (AvgIpc) is 3.03. The van der Waals surface area contributed by atoms with Crippen molar-refractivity contribution in [3.8, 4) is 11.5 Å². The van der Waals surface area contributed by atoms with E-state index in [1.54, 1.807) is 49.5 Å². The van der Waals surface area contributed by atoms with Gasteiger partial charge >= 0.3 is 0 Å². The average molecular weight is 409 g/mol. The molecule has 1 amide bonds. The summed E-state index contributed by atoms with van der Waals surface area (Å²) in [5.74, 6) is 0.853. The van der Waals surface area contributed by atoms with Crippen LogP contribution in [-0.2, 0) is 0 Å². The van der Waals surface area contributed by atoms with Crippen LogP contribution in [0.25, 0.3) is 11.0 Å². The fourth-order valence-corrected chi connectivity index (χ4v) is 3.99. The molecule has 0 aliphatic carbocycles. The van der Waals surface area contributed by atoms with Crippen molar-refractivity contribution in [1.29, 1.82) is 0 Å². The summed E-state index contributed by atoms with van der Waals surface area (Å²) >= 11 is 0. The van der Waals surface area contributed by atoms with Crippen LogP contribution < -0.4 is 19.8 Å². The summed E-state index contributed by atoms with van der Waals surface area (Å²) in [5.41, 5.74) is 1.25. The minimum Gasteiger partial charge on any atom is -0.493 e. The summed E-state index contributed by atoms with van der Waals surface area (Å²) in [4.78, 5) is 29.7. The molecule has 3 aromatic rings. The van der Waals surface area contributed by atoms with E-state index >= 15 is 0 Å². The molecule has 4 rings (SSSR count). The van der Waals surface area contributed by atoms with Gasteiger partial charge in [-0.3, -0.25) is 9.59 Å². The summed E-state index contributed by atoms with van der Waals surface area (Å²) in [7, 11) is 7.15. The molecule has 1 aliphatic heterocycles. The fraction of sp³-hybridized carbons (Fsp3) is 0.304. The van der Waals surface area contributed by atoms with Crippen molar-refractivity contribution >= 4 is 16.9 Å². The Morgan fingerprint density at radius 2 is 1.80 bits per heavy atom. The fourth-order valence-electron chi connectivity index (χ4n) is 3.99. The molecule has 0 unspecified atom stereocenters. The van der Waals surface area contributed by atoms with Crippen LogP contribution in [0.4, 0.5) is 0 Å². The van der Waals surface area contributed by atoms with Crippen LogP contribution in [0.2, 0.25) is 0 Å². The van der Waals surface area contributed by atoms with Crippen LogP contribution in [0.15, 0.2) is 51.7 Å². The number of quaternary nitrogens is 1. The number of para-hydroxylation sites is 2. The van der Waals surface area contributed by atoms with Crippen molar-refractivity contribution in [3.63, 3.8) is 0 Å². The molecule has 0 fully saturated rings. The van der Waals surface area contributed by atoms with E-state index in [9.17, 15) is 9.59 Å². The van der Waals surface area contributed by atoms with E-state index in [2.05, 4.69) is 0 Å². The third-order valence-corrected chi connectivity index (χ3v) is 5.45. The monoisotopic (exact) mass is 409 g/mol. The van der Waals surface area contributed by atoms with Gasteiger partial charge in [-0.1, -0.05) is 24.3 Å². The quantitative estimate of drug-likeness (QED) is 0.668. The molecule has 1 aromatic heterocycles. The van der Waals surface area contributed by atoms with Crippen LogP contribution in [0.3, 0.4) is 0 Å². The first kappa shape index (κ1) is 20.0. The molecule has 0 radical (unpaired) electrons. The largest absolute Gasteiger partial charge is 0.493 e. The number of nitrogens with zero attached hydrogens (tertiary/aromatic N) is 1. The summed E-state index contributed by atoms with van der Waals surface area (Å²) in [6, 6.07) is 11.9. The first-order valence-electron chi connectivity index (χ1n) is 9.84. The third kappa shape index (κ3) is 3.11. The number of ether oxygens (including phenoxy) is 2. The second-order valence-electron chi connectivity index (χ2n) is 7.61. The number of carbonyl (C=O) groups excluding carboxylic acids is 1. The number of hydrogen-bond acceptors (Lipinski definition) is 5. The molecule has 7 nitrogen and oxygen atoms in total. The van der Waals surface area contributed by atoms with Gasteiger partial charge in [0.05, 0.1) is 58.4 Å². The Bertz CT molecular complexity index is 1170. The van der Waals surface area contributed by atoms with Crippen LogP contribution in [0.1, 0.15) is 27.7 Å². The number of likely N-dealkylation sites (N-methyl/N-ethyl adjacent to an activating group) is 1. The van der Waals surface area contributed by atoms with Crippen LogP contribution in [-0.4, -0.2) is 52.2 Å². The lowest BCUT2D eigenvalue weighted by Crippen LogP contribution is -3.06. The Morgan fingerprint density at radius 3 is 2.50 bits per heavy atom. The maximum Gasteiger partial charge on any atom is 0.291 e. The lowest BCUT2D eigenvalue weighted by Gasteiger charge is -2.27. The molecular weight excluding hydrogens is 384 g/mol. The summed E-state index contributed by atoms with van der Waals surface area (Å²) in [5, 5.41) is 0.455. The standard InChI is InChI=1S/C23H24N2O5/c1-24(2)12-13-25-19(15-9-7-11-17(28-3)21(15)29-4)18-20(26)14-8-5-6-10-16(14)30-22(18)23(25)27/h5-11,19H,12-13H2,1-4H3/p+1/t19-/m1/s1. The van der Waals surface area contributed by atoms with Crippen molar-refractivity contribution in [3.05, 3.63) is 69.6 Å². The molecule has 1 atom stereocenters. The Balaban J connectivity index is 1.99. The maximum absolute atomic E-state index is 13.5. The Kier molecular flexibility index (Phi) is 5.22. The Labute approximate surface area is 174 Å². The van der Waals surface area contributed by atoms with Crippen molar-refractivity contribution in [2.45, 2.75) is 6.04 Å². The van der Waals surface area contributed by atoms with Crippen LogP contribution >= 0.6 is 0 Å². The minimum absolute atomic E-state index is 0.0994. The summed E-state index contributed by atoms with van der Waals surface area (Å²) < 4.78 is 17.0. The molecule has 0 bridgehead atoms. The first-order valence-corrected chi connectivity index (χ1v) is 9.84. The highest BCUT2D eigenvalue weighted by Crippen LogP contribution is 2.44. The molecule has 30 heavy (non-hydrogen) atoms. The number of rotatable bonds is 6. The Morgan fingerprint density at radius 1 is 1.03 bits per heavy atom. The molecule has 7 heteroatoms. The van der Waals surface area contributed by atoms with Gasteiger partial charge in [0.25, 0.3) is 5.91 Å².